The van der Waals surface area contributed by atoms with Gasteiger partial charge < -0.3 is 19.5 Å². The molecule has 0 aromatic heterocycles. The second-order valence-corrected chi connectivity index (χ2v) is 7.98. The summed E-state index contributed by atoms with van der Waals surface area (Å²) < 4.78 is 10.9. The Morgan fingerprint density at radius 3 is 2.42 bits per heavy atom. The first-order chi connectivity index (χ1) is 16.1. The summed E-state index contributed by atoms with van der Waals surface area (Å²) >= 11 is 0. The number of likely N-dealkylation sites (tertiary alicyclic amines) is 1. The third kappa shape index (κ3) is 4.99. The molecule has 1 N–H and O–H groups in total. The Hall–Kier alpha value is -3.42. The van der Waals surface area contributed by atoms with E-state index in [4.69, 9.17) is 9.47 Å². The first-order valence-electron chi connectivity index (χ1n) is 11.1. The van der Waals surface area contributed by atoms with Crippen LogP contribution < -0.4 is 4.74 Å². The van der Waals surface area contributed by atoms with Gasteiger partial charge in [-0.3, -0.25) is 14.5 Å². The summed E-state index contributed by atoms with van der Waals surface area (Å²) in [4.78, 5) is 29.9. The van der Waals surface area contributed by atoms with Gasteiger partial charge >= 0.3 is 0 Å². The van der Waals surface area contributed by atoms with Crippen molar-refractivity contribution in [2.45, 2.75) is 6.04 Å². The maximum absolute atomic E-state index is 13.1. The smallest absolute Gasteiger partial charge is 0.295 e. The van der Waals surface area contributed by atoms with Crippen molar-refractivity contribution in [2.75, 3.05) is 46.0 Å². The number of hydrogen-bond acceptors (Lipinski definition) is 6. The van der Waals surface area contributed by atoms with Crippen molar-refractivity contribution in [3.63, 3.8) is 0 Å². The summed E-state index contributed by atoms with van der Waals surface area (Å²) in [5, 5.41) is 11.1. The van der Waals surface area contributed by atoms with Crippen LogP contribution in [-0.2, 0) is 14.3 Å². The van der Waals surface area contributed by atoms with Gasteiger partial charge in [-0.1, -0.05) is 43.0 Å². The van der Waals surface area contributed by atoms with Gasteiger partial charge in [0.2, 0.25) is 0 Å². The predicted octanol–water partition coefficient (Wildman–Crippen LogP) is 3.01. The van der Waals surface area contributed by atoms with Gasteiger partial charge in [0.15, 0.2) is 0 Å². The molecule has 7 heteroatoms. The van der Waals surface area contributed by atoms with Crippen LogP contribution in [0.5, 0.6) is 5.75 Å². The van der Waals surface area contributed by atoms with E-state index in [1.165, 1.54) is 0 Å². The summed E-state index contributed by atoms with van der Waals surface area (Å²) in [6.45, 7) is 7.91. The quantitative estimate of drug-likeness (QED) is 0.290. The molecule has 4 rings (SSSR count). The topological polar surface area (TPSA) is 79.3 Å². The number of rotatable bonds is 8. The van der Waals surface area contributed by atoms with E-state index >= 15 is 0 Å². The van der Waals surface area contributed by atoms with Gasteiger partial charge in [0.25, 0.3) is 11.7 Å². The third-order valence-electron chi connectivity index (χ3n) is 5.91. The molecule has 0 aliphatic carbocycles. The molecule has 0 radical (unpaired) electrons. The highest BCUT2D eigenvalue weighted by Crippen LogP contribution is 2.39. The molecule has 2 aromatic carbocycles. The lowest BCUT2D eigenvalue weighted by atomic mass is 9.95. The summed E-state index contributed by atoms with van der Waals surface area (Å²) in [7, 11) is 0. The van der Waals surface area contributed by atoms with Gasteiger partial charge in [0.1, 0.15) is 18.1 Å². The first-order valence-corrected chi connectivity index (χ1v) is 11.1. The van der Waals surface area contributed by atoms with E-state index in [1.54, 1.807) is 35.2 Å². The molecule has 1 amide bonds. The highest BCUT2D eigenvalue weighted by Gasteiger charge is 2.45. The minimum atomic E-state index is -0.671. The molecule has 0 bridgehead atoms. The van der Waals surface area contributed by atoms with Crippen LogP contribution in [0, 0.1) is 0 Å². The number of Topliss-reactive ketones (excluding diaryl/α,β-unsaturated/α-hetero) is 1. The number of carbonyl (C=O) groups excluding carboxylic acids is 2. The lowest BCUT2D eigenvalue weighted by Gasteiger charge is -2.31. The normalized spacial score (nSPS) is 20.7. The van der Waals surface area contributed by atoms with E-state index in [9.17, 15) is 14.7 Å². The molecule has 2 saturated heterocycles. The molecular formula is C26H28N2O5. The maximum Gasteiger partial charge on any atom is 0.295 e. The van der Waals surface area contributed by atoms with Gasteiger partial charge in [-0.25, -0.2) is 0 Å². The van der Waals surface area contributed by atoms with Crippen molar-refractivity contribution in [3.05, 3.63) is 84.0 Å². The van der Waals surface area contributed by atoms with Crippen LogP contribution in [0.3, 0.4) is 0 Å². The van der Waals surface area contributed by atoms with E-state index < -0.39 is 17.7 Å². The van der Waals surface area contributed by atoms with Gasteiger partial charge in [-0.05, 0) is 29.8 Å². The number of ether oxygens (including phenoxy) is 2. The summed E-state index contributed by atoms with van der Waals surface area (Å²) in [5.74, 6) is -0.830. The Morgan fingerprint density at radius 1 is 1.06 bits per heavy atom. The van der Waals surface area contributed by atoms with Crippen molar-refractivity contribution in [3.8, 4) is 5.75 Å². The number of aliphatic hydroxyl groups excluding tert-OH is 1. The van der Waals surface area contributed by atoms with E-state index in [2.05, 4.69) is 11.5 Å². The van der Waals surface area contributed by atoms with Gasteiger partial charge in [-0.15, -0.1) is 0 Å². The predicted molar refractivity (Wildman–Crippen MR) is 125 cm³/mol. The number of ketones is 1. The van der Waals surface area contributed by atoms with Gasteiger partial charge in [0, 0.05) is 31.7 Å². The van der Waals surface area contributed by atoms with E-state index in [0.717, 1.165) is 18.7 Å². The second-order valence-electron chi connectivity index (χ2n) is 7.98. The molecular weight excluding hydrogens is 420 g/mol. The lowest BCUT2D eigenvalue weighted by Crippen LogP contribution is -2.42. The van der Waals surface area contributed by atoms with E-state index in [0.29, 0.717) is 44.2 Å². The third-order valence-corrected chi connectivity index (χ3v) is 5.91. The number of aliphatic hydroxyl groups is 1. The molecule has 2 heterocycles. The maximum atomic E-state index is 13.1. The fraction of sp³-hybridized carbons (Fsp3) is 0.308. The Kier molecular flexibility index (Phi) is 7.22. The fourth-order valence-electron chi connectivity index (χ4n) is 4.19. The second kappa shape index (κ2) is 10.5. The highest BCUT2D eigenvalue weighted by molar-refractivity contribution is 6.46. The zero-order chi connectivity index (χ0) is 23.2. The number of morpholine rings is 1. The van der Waals surface area contributed by atoms with Crippen molar-refractivity contribution >= 4 is 17.4 Å². The zero-order valence-corrected chi connectivity index (χ0v) is 18.5. The van der Waals surface area contributed by atoms with Crippen LogP contribution in [0.4, 0.5) is 0 Å². The molecule has 33 heavy (non-hydrogen) atoms. The number of nitrogens with zero attached hydrogens (tertiary/aromatic N) is 2. The molecule has 172 valence electrons. The molecule has 2 fully saturated rings. The Labute approximate surface area is 193 Å². The monoisotopic (exact) mass is 448 g/mol. The summed E-state index contributed by atoms with van der Waals surface area (Å²) in [5.41, 5.74) is 1.34. The minimum Gasteiger partial charge on any atom is -0.507 e. The minimum absolute atomic E-state index is 0.105. The highest BCUT2D eigenvalue weighted by atomic mass is 16.5. The lowest BCUT2D eigenvalue weighted by molar-refractivity contribution is -0.140. The Morgan fingerprint density at radius 2 is 1.76 bits per heavy atom. The molecule has 2 aliphatic rings. The largest absolute Gasteiger partial charge is 0.507 e. The van der Waals surface area contributed by atoms with Gasteiger partial charge in [0.05, 0.1) is 24.8 Å². The van der Waals surface area contributed by atoms with Crippen molar-refractivity contribution in [2.24, 2.45) is 0 Å². The Balaban J connectivity index is 1.66. The number of hydrogen-bond donors (Lipinski definition) is 1. The molecule has 0 saturated carbocycles. The van der Waals surface area contributed by atoms with Crippen LogP contribution >= 0.6 is 0 Å². The SMILES string of the molecule is C=CCOc1ccc(/C(O)=C2/C(=O)C(=O)N(CCN3CCOCC3)C2c2ccccc2)cc1. The molecule has 1 unspecified atom stereocenters. The first kappa shape index (κ1) is 22.8. The van der Waals surface area contributed by atoms with Crippen LogP contribution in [0.15, 0.2) is 72.8 Å². The number of benzene rings is 2. The number of carbonyl (C=O) groups is 2. The van der Waals surface area contributed by atoms with Crippen molar-refractivity contribution in [1.82, 2.24) is 9.80 Å². The van der Waals surface area contributed by atoms with Crippen LogP contribution in [0.2, 0.25) is 0 Å². The van der Waals surface area contributed by atoms with E-state index in [1.807, 2.05) is 30.3 Å². The molecule has 7 nitrogen and oxygen atoms in total. The van der Waals surface area contributed by atoms with Crippen LogP contribution in [0.25, 0.3) is 5.76 Å². The molecule has 2 aromatic rings. The summed E-state index contributed by atoms with van der Waals surface area (Å²) in [6, 6.07) is 15.5. The van der Waals surface area contributed by atoms with Gasteiger partial charge in [-0.2, -0.15) is 0 Å². The van der Waals surface area contributed by atoms with Crippen molar-refractivity contribution in [1.29, 1.82) is 0 Å². The fourth-order valence-corrected chi connectivity index (χ4v) is 4.19. The summed E-state index contributed by atoms with van der Waals surface area (Å²) in [6.07, 6.45) is 1.64. The standard InChI is InChI=1S/C26H28N2O5/c1-2-16-33-21-10-8-20(9-11-21)24(29)22-23(19-6-4-3-5-7-19)28(26(31)25(22)30)13-12-27-14-17-32-18-15-27/h2-11,23,29H,1,12-18H2/b24-22-. The van der Waals surface area contributed by atoms with Crippen LogP contribution in [-0.4, -0.2) is 72.6 Å². The zero-order valence-electron chi connectivity index (χ0n) is 18.5. The Bertz CT molecular complexity index is 1030. The molecule has 0 spiro atoms. The molecule has 1 atom stereocenters. The number of amides is 1. The average molecular weight is 449 g/mol. The average Bonchev–Trinajstić information content (AvgIpc) is 3.12. The molecule has 2 aliphatic heterocycles. The van der Waals surface area contributed by atoms with E-state index in [-0.39, 0.29) is 11.3 Å². The van der Waals surface area contributed by atoms with Crippen molar-refractivity contribution < 1.29 is 24.2 Å². The van der Waals surface area contributed by atoms with Crippen LogP contribution in [0.1, 0.15) is 17.2 Å².